The Morgan fingerprint density at radius 1 is 1.67 bits per heavy atom. The third-order valence-corrected chi connectivity index (χ3v) is 2.39. The maximum atomic E-state index is 12.5. The van der Waals surface area contributed by atoms with Crippen molar-refractivity contribution in [2.75, 3.05) is 6.61 Å². The van der Waals surface area contributed by atoms with Gasteiger partial charge in [0, 0.05) is 0 Å². The van der Waals surface area contributed by atoms with Gasteiger partial charge < -0.3 is 0 Å². The Kier molecular flexibility index (Phi) is 3.81. The molecule has 1 aliphatic heterocycles. The first-order chi connectivity index (χ1) is 6.82. The minimum atomic E-state index is -4.29. The van der Waals surface area contributed by atoms with Gasteiger partial charge in [-0.05, 0) is 0 Å². The van der Waals surface area contributed by atoms with Crippen molar-refractivity contribution >= 4 is 4.54 Å². The Bertz CT molecular complexity index is 311. The molecule has 0 aromatic carbocycles. The van der Waals surface area contributed by atoms with E-state index < -0.39 is 12.2 Å². The van der Waals surface area contributed by atoms with Crippen LogP contribution in [0.1, 0.15) is 6.92 Å². The zero-order chi connectivity index (χ0) is 11.6. The van der Waals surface area contributed by atoms with Gasteiger partial charge in [-0.25, -0.2) is 0 Å². The van der Waals surface area contributed by atoms with E-state index in [1.807, 2.05) is 17.0 Å². The molecule has 15 heavy (non-hydrogen) atoms. The number of ether oxygens (including phenoxy) is 1. The Morgan fingerprint density at radius 3 is 2.73 bits per heavy atom. The average molecular weight is 256 g/mol. The molecule has 6 heteroatoms. The van der Waals surface area contributed by atoms with E-state index in [4.69, 9.17) is 4.74 Å². The topological polar surface area (TPSA) is 12.5 Å². The Hall–Kier alpha value is -0.516. The van der Waals surface area contributed by atoms with Crippen LogP contribution in [0.15, 0.2) is 24.4 Å². The molecular weight excluding hydrogens is 246 g/mol. The summed E-state index contributed by atoms with van der Waals surface area (Å²) in [4.78, 5) is 1.05. The summed E-state index contributed by atoms with van der Waals surface area (Å²) in [6.07, 6.45) is -1.44. The van der Waals surface area contributed by atoms with E-state index in [1.54, 1.807) is 6.92 Å². The quantitative estimate of drug-likeness (QED) is 0.700. The predicted octanol–water partition coefficient (Wildman–Crippen LogP) is 1.97. The summed E-state index contributed by atoms with van der Waals surface area (Å²) in [5.41, 5.74) is 0.683. The molecule has 83 valence electrons. The van der Waals surface area contributed by atoms with E-state index in [0.717, 1.165) is 4.90 Å². The monoisotopic (exact) mass is 256 g/mol. The summed E-state index contributed by atoms with van der Waals surface area (Å²) in [6.45, 7) is 4.92. The maximum absolute atomic E-state index is 12.5. The SMILES string of the molecule is C=C(C)C=CN1[C](=[V])OCC1C(F)(F)F. The van der Waals surface area contributed by atoms with E-state index in [0.29, 0.717) is 5.57 Å². The number of halogens is 3. The zero-order valence-corrected chi connectivity index (χ0v) is 9.48. The molecule has 0 amide bonds. The van der Waals surface area contributed by atoms with Crippen LogP contribution >= 0.6 is 0 Å². The van der Waals surface area contributed by atoms with Crippen molar-refractivity contribution in [3.05, 3.63) is 24.4 Å². The molecular formula is C9H10F3NOV. The second-order valence-electron chi connectivity index (χ2n) is 3.22. The van der Waals surface area contributed by atoms with Crippen LogP contribution in [0.25, 0.3) is 0 Å². The molecule has 1 fully saturated rings. The minimum absolute atomic E-state index is 0.197. The van der Waals surface area contributed by atoms with Gasteiger partial charge in [-0.15, -0.1) is 0 Å². The summed E-state index contributed by atoms with van der Waals surface area (Å²) in [5, 5.41) is 0. The van der Waals surface area contributed by atoms with Crippen LogP contribution in [0.4, 0.5) is 13.2 Å². The molecule has 0 aromatic heterocycles. The fourth-order valence-corrected chi connectivity index (χ4v) is 1.51. The van der Waals surface area contributed by atoms with Crippen LogP contribution in [0, 0.1) is 0 Å². The number of hydrogen-bond acceptors (Lipinski definition) is 2. The number of nitrogens with zero attached hydrogens (tertiary/aromatic N) is 1. The molecule has 2 nitrogen and oxygen atoms in total. The molecule has 0 N–H and O–H groups in total. The van der Waals surface area contributed by atoms with E-state index in [1.165, 1.54) is 12.3 Å². The van der Waals surface area contributed by atoms with Crippen molar-refractivity contribution in [1.82, 2.24) is 4.90 Å². The first kappa shape index (κ1) is 12.6. The number of allylic oxidation sites excluding steroid dienone is 2. The summed E-state index contributed by atoms with van der Waals surface area (Å²) in [5.74, 6) is 0. The summed E-state index contributed by atoms with van der Waals surface area (Å²) < 4.78 is 42.6. The van der Waals surface area contributed by atoms with Gasteiger partial charge in [-0.2, -0.15) is 0 Å². The zero-order valence-electron chi connectivity index (χ0n) is 8.08. The van der Waals surface area contributed by atoms with Crippen LogP contribution in [-0.4, -0.2) is 28.3 Å². The van der Waals surface area contributed by atoms with Gasteiger partial charge in [-0.1, -0.05) is 0 Å². The van der Waals surface area contributed by atoms with Crippen molar-refractivity contribution in [2.24, 2.45) is 0 Å². The number of hydrogen-bond donors (Lipinski definition) is 0. The van der Waals surface area contributed by atoms with Gasteiger partial charge >= 0.3 is 94.5 Å². The second-order valence-corrected chi connectivity index (χ2v) is 3.82. The molecule has 1 saturated heterocycles. The van der Waals surface area contributed by atoms with Crippen LogP contribution in [0.5, 0.6) is 0 Å². The molecule has 1 atom stereocenters. The van der Waals surface area contributed by atoms with Crippen molar-refractivity contribution in [3.63, 3.8) is 0 Å². The first-order valence-corrected chi connectivity index (χ1v) is 4.89. The van der Waals surface area contributed by atoms with Crippen molar-refractivity contribution < 1.29 is 34.9 Å². The summed E-state index contributed by atoms with van der Waals surface area (Å²) >= 11 is 1.98. The molecule has 1 heterocycles. The summed E-state index contributed by atoms with van der Waals surface area (Å²) in [7, 11) is 0. The molecule has 0 bridgehead atoms. The van der Waals surface area contributed by atoms with Crippen molar-refractivity contribution in [2.45, 2.75) is 19.1 Å². The van der Waals surface area contributed by atoms with Crippen molar-refractivity contribution in [3.8, 4) is 0 Å². The van der Waals surface area contributed by atoms with Gasteiger partial charge in [0.25, 0.3) is 0 Å². The van der Waals surface area contributed by atoms with E-state index in [2.05, 4.69) is 6.58 Å². The molecule has 1 unspecified atom stereocenters. The normalized spacial score (nSPS) is 22.7. The van der Waals surface area contributed by atoms with Crippen LogP contribution in [0.3, 0.4) is 0 Å². The van der Waals surface area contributed by atoms with E-state index >= 15 is 0 Å². The van der Waals surface area contributed by atoms with Crippen LogP contribution in [-0.2, 0) is 21.7 Å². The molecule has 0 aliphatic carbocycles. The van der Waals surface area contributed by atoms with Gasteiger partial charge in [0.2, 0.25) is 0 Å². The van der Waals surface area contributed by atoms with Gasteiger partial charge in [0.15, 0.2) is 0 Å². The molecule has 1 rings (SSSR count). The number of alkyl halides is 3. The average Bonchev–Trinajstić information content (AvgIpc) is 2.42. The molecule has 1 aliphatic rings. The Labute approximate surface area is 94.9 Å². The van der Waals surface area contributed by atoms with Crippen molar-refractivity contribution in [1.29, 1.82) is 0 Å². The third-order valence-electron chi connectivity index (χ3n) is 1.82. The summed E-state index contributed by atoms with van der Waals surface area (Å²) in [6, 6.07) is -1.61. The molecule has 0 radical (unpaired) electrons. The third kappa shape index (κ3) is 3.22. The van der Waals surface area contributed by atoms with E-state index in [9.17, 15) is 13.2 Å². The molecule has 0 saturated carbocycles. The fourth-order valence-electron chi connectivity index (χ4n) is 1.07. The molecule has 0 spiro atoms. The standard InChI is InChI=1S/C9H10F3NO.V/c1-7(2)3-4-13-6-14-5-8(13)9(10,11)12;/h3-4,8H,1,5H2,2H3;. The fraction of sp³-hybridized carbons (Fsp3) is 0.444. The van der Waals surface area contributed by atoms with Gasteiger partial charge in [-0.3, -0.25) is 0 Å². The Balaban J connectivity index is 2.82. The number of rotatable bonds is 2. The van der Waals surface area contributed by atoms with Gasteiger partial charge in [0.05, 0.1) is 0 Å². The van der Waals surface area contributed by atoms with E-state index in [-0.39, 0.29) is 11.1 Å². The molecule has 0 aromatic rings. The predicted molar refractivity (Wildman–Crippen MR) is 46.6 cm³/mol. The van der Waals surface area contributed by atoms with Crippen LogP contribution in [0.2, 0.25) is 0 Å². The van der Waals surface area contributed by atoms with Gasteiger partial charge in [0.1, 0.15) is 0 Å². The Morgan fingerprint density at radius 2 is 2.27 bits per heavy atom. The first-order valence-electron chi connectivity index (χ1n) is 4.20. The van der Waals surface area contributed by atoms with Crippen LogP contribution < -0.4 is 0 Å². The second kappa shape index (κ2) is 4.55.